The molecule has 11 heteroatoms. The molecule has 0 radical (unpaired) electrons. The van der Waals surface area contributed by atoms with Crippen molar-refractivity contribution in [3.05, 3.63) is 48.2 Å². The van der Waals surface area contributed by atoms with Crippen LogP contribution in [0.1, 0.15) is 24.2 Å². The van der Waals surface area contributed by atoms with E-state index in [4.69, 9.17) is 0 Å². The number of sulfone groups is 1. The van der Waals surface area contributed by atoms with Gasteiger partial charge < -0.3 is 9.88 Å². The molecule has 35 heavy (non-hydrogen) atoms. The molecule has 1 aliphatic carbocycles. The van der Waals surface area contributed by atoms with Crippen LogP contribution in [0.2, 0.25) is 0 Å². The highest BCUT2D eigenvalue weighted by atomic mass is 32.2. The summed E-state index contributed by atoms with van der Waals surface area (Å²) in [4.78, 5) is 25.0. The number of benzene rings is 1. The number of alkyl halides is 2. The topological polar surface area (TPSA) is 106 Å². The summed E-state index contributed by atoms with van der Waals surface area (Å²) in [7, 11) is -1.86. The molecule has 1 saturated carbocycles. The molecule has 3 aromatic rings. The van der Waals surface area contributed by atoms with Gasteiger partial charge in [-0.05, 0) is 31.0 Å². The van der Waals surface area contributed by atoms with Gasteiger partial charge >= 0.3 is 0 Å². The number of hydrogen-bond donors (Lipinski definition) is 1. The van der Waals surface area contributed by atoms with Crippen LogP contribution in [0.4, 0.5) is 25.8 Å². The monoisotopic (exact) mass is 499 g/mol. The van der Waals surface area contributed by atoms with Crippen molar-refractivity contribution >= 4 is 38.4 Å². The molecule has 5 rings (SSSR count). The molecule has 0 amide bonds. The molecule has 182 valence electrons. The van der Waals surface area contributed by atoms with Gasteiger partial charge in [0.05, 0.1) is 51.6 Å². The first kappa shape index (κ1) is 23.3. The van der Waals surface area contributed by atoms with E-state index in [2.05, 4.69) is 20.3 Å². The summed E-state index contributed by atoms with van der Waals surface area (Å²) in [5, 5.41) is 3.08. The molecule has 0 unspecified atom stereocenters. The van der Waals surface area contributed by atoms with Crippen LogP contribution in [0.5, 0.6) is 0 Å². The highest BCUT2D eigenvalue weighted by Gasteiger charge is 2.31. The largest absolute Gasteiger partial charge is 0.353 e. The minimum Gasteiger partial charge on any atom is -0.353 e. The fourth-order valence-electron chi connectivity index (χ4n) is 4.16. The number of nitrogens with one attached hydrogen (secondary N) is 1. The van der Waals surface area contributed by atoms with E-state index >= 15 is 0 Å². The van der Waals surface area contributed by atoms with Gasteiger partial charge in [0.2, 0.25) is 0 Å². The molecule has 3 heterocycles. The van der Waals surface area contributed by atoms with Crippen molar-refractivity contribution in [1.29, 1.82) is 0 Å². The summed E-state index contributed by atoms with van der Waals surface area (Å²) >= 11 is 0. The van der Waals surface area contributed by atoms with Gasteiger partial charge in [-0.1, -0.05) is 6.07 Å². The second-order valence-corrected chi connectivity index (χ2v) is 10.9. The first-order chi connectivity index (χ1) is 16.6. The Morgan fingerprint density at radius 3 is 2.63 bits per heavy atom. The van der Waals surface area contributed by atoms with Crippen LogP contribution in [0.15, 0.2) is 46.7 Å². The van der Waals surface area contributed by atoms with E-state index < -0.39 is 16.3 Å². The Bertz CT molecular complexity index is 1480. The first-order valence-corrected chi connectivity index (χ1v) is 13.0. The number of halogens is 2. The smallest absolute Gasteiger partial charge is 0.277 e. The number of imidazole rings is 1. The van der Waals surface area contributed by atoms with Crippen LogP contribution in [0.25, 0.3) is 11.3 Å². The van der Waals surface area contributed by atoms with Gasteiger partial charge in [-0.15, -0.1) is 0 Å². The number of anilines is 2. The third-order valence-corrected chi connectivity index (χ3v) is 7.26. The first-order valence-electron chi connectivity index (χ1n) is 11.1. The average molecular weight is 500 g/mol. The normalized spacial score (nSPS) is 15.3. The zero-order chi connectivity index (χ0) is 24.9. The van der Waals surface area contributed by atoms with E-state index in [1.807, 2.05) is 0 Å². The summed E-state index contributed by atoms with van der Waals surface area (Å²) in [6, 6.07) is 6.51. The fourth-order valence-corrected chi connectivity index (χ4v) is 5.02. The molecule has 1 N–H and O–H groups in total. The molecule has 1 aromatic carbocycles. The van der Waals surface area contributed by atoms with Crippen molar-refractivity contribution in [2.45, 2.75) is 37.0 Å². The lowest BCUT2D eigenvalue weighted by molar-refractivity contribution is -0.119. The predicted octanol–water partition coefficient (Wildman–Crippen LogP) is 4.04. The van der Waals surface area contributed by atoms with E-state index in [1.165, 1.54) is 0 Å². The number of pyridine rings is 1. The summed E-state index contributed by atoms with van der Waals surface area (Å²) < 4.78 is 53.9. The molecule has 2 aromatic heterocycles. The molecule has 0 spiro atoms. The maximum atomic E-state index is 13.4. The van der Waals surface area contributed by atoms with Crippen molar-refractivity contribution in [2.24, 2.45) is 18.0 Å². The Hall–Kier alpha value is -3.47. The second kappa shape index (κ2) is 8.63. The predicted molar refractivity (Wildman–Crippen MR) is 128 cm³/mol. The number of carbonyl (C=O) groups is 1. The molecule has 0 saturated heterocycles. The lowest BCUT2D eigenvalue weighted by Gasteiger charge is -2.16. The third kappa shape index (κ3) is 4.72. The Kier molecular flexibility index (Phi) is 5.74. The number of aliphatic imine (C=N–C) groups is 1. The SMILES string of the molecule is Cn1cncc1-c1ccc(Nc2cc(CC(=O)C3CC3)nc3c2N=C(C(F)F)C3)c(S(C)(=O)=O)c1. The number of ketones is 1. The molecular weight excluding hydrogens is 476 g/mol. The highest BCUT2D eigenvalue weighted by Crippen LogP contribution is 2.39. The van der Waals surface area contributed by atoms with Crippen LogP contribution in [-0.2, 0) is 34.5 Å². The van der Waals surface area contributed by atoms with Crippen molar-refractivity contribution in [2.75, 3.05) is 11.6 Å². The number of carbonyl (C=O) groups excluding carboxylic acids is 1. The number of aromatic nitrogens is 3. The maximum Gasteiger partial charge on any atom is 0.277 e. The number of nitrogens with zero attached hydrogens (tertiary/aromatic N) is 4. The van der Waals surface area contributed by atoms with E-state index in [1.54, 1.807) is 48.4 Å². The zero-order valence-electron chi connectivity index (χ0n) is 19.1. The molecular formula is C24H23F2N5O3S. The standard InChI is InChI=1S/C24H23F2N5O3S/c1-31-12-27-11-20(31)14-5-6-16(22(7-14)35(2,33)34)29-17-8-15(9-21(32)13-3-4-13)28-18-10-19(24(25)26)30-23(17)18/h5-8,11-13,24H,3-4,9-10H2,1-2H3,(H,28,29). The van der Waals surface area contributed by atoms with Gasteiger partial charge in [0.15, 0.2) is 9.84 Å². The summed E-state index contributed by atoms with van der Waals surface area (Å²) in [6.07, 6.45) is 3.30. The quantitative estimate of drug-likeness (QED) is 0.501. The van der Waals surface area contributed by atoms with Crippen molar-refractivity contribution in [3.8, 4) is 11.3 Å². The lowest BCUT2D eigenvalue weighted by Crippen LogP contribution is -2.11. The minimum absolute atomic E-state index is 0.0331. The molecule has 1 aliphatic heterocycles. The summed E-state index contributed by atoms with van der Waals surface area (Å²) in [5.41, 5.74) is 2.71. The van der Waals surface area contributed by atoms with Crippen LogP contribution in [0.3, 0.4) is 0 Å². The number of rotatable bonds is 8. The van der Waals surface area contributed by atoms with E-state index in [0.29, 0.717) is 22.6 Å². The summed E-state index contributed by atoms with van der Waals surface area (Å²) in [5.74, 6) is 0.0967. The maximum absolute atomic E-state index is 13.4. The number of hydrogen-bond acceptors (Lipinski definition) is 7. The molecule has 0 bridgehead atoms. The molecule has 1 fully saturated rings. The van der Waals surface area contributed by atoms with Gasteiger partial charge in [0.25, 0.3) is 6.43 Å². The van der Waals surface area contributed by atoms with Gasteiger partial charge in [-0.25, -0.2) is 27.2 Å². The number of fused-ring (bicyclic) bond motifs is 1. The molecule has 8 nitrogen and oxygen atoms in total. The van der Waals surface area contributed by atoms with Gasteiger partial charge in [0.1, 0.15) is 11.5 Å². The van der Waals surface area contributed by atoms with Crippen molar-refractivity contribution < 1.29 is 22.0 Å². The number of aryl methyl sites for hydroxylation is 1. The average Bonchev–Trinajstić information content (AvgIpc) is 3.41. The Balaban J connectivity index is 1.57. The molecule has 0 atom stereocenters. The van der Waals surface area contributed by atoms with Crippen LogP contribution >= 0.6 is 0 Å². The van der Waals surface area contributed by atoms with Crippen molar-refractivity contribution in [3.63, 3.8) is 0 Å². The van der Waals surface area contributed by atoms with Crippen LogP contribution in [0, 0.1) is 5.92 Å². The lowest BCUT2D eigenvalue weighted by atomic mass is 10.1. The Morgan fingerprint density at radius 1 is 1.23 bits per heavy atom. The third-order valence-electron chi connectivity index (χ3n) is 6.12. The molecule has 2 aliphatic rings. The number of Topliss-reactive ketones (excluding diaryl/α,β-unsaturated/α-hetero) is 1. The van der Waals surface area contributed by atoms with Crippen molar-refractivity contribution in [1.82, 2.24) is 14.5 Å². The Labute approximate surface area is 201 Å². The highest BCUT2D eigenvalue weighted by molar-refractivity contribution is 7.90. The zero-order valence-corrected chi connectivity index (χ0v) is 19.9. The summed E-state index contributed by atoms with van der Waals surface area (Å²) in [6.45, 7) is 0. The van der Waals surface area contributed by atoms with E-state index in [0.717, 1.165) is 24.8 Å². The van der Waals surface area contributed by atoms with Gasteiger partial charge in [-0.2, -0.15) is 0 Å². The Morgan fingerprint density at radius 2 is 2.00 bits per heavy atom. The van der Waals surface area contributed by atoms with E-state index in [-0.39, 0.29) is 46.5 Å². The van der Waals surface area contributed by atoms with Crippen LogP contribution in [-0.4, -0.2) is 47.1 Å². The van der Waals surface area contributed by atoms with Gasteiger partial charge in [-0.3, -0.25) is 9.78 Å². The second-order valence-electron chi connectivity index (χ2n) is 8.95. The fraction of sp³-hybridized carbons (Fsp3) is 0.333. The van der Waals surface area contributed by atoms with E-state index in [9.17, 15) is 22.0 Å². The minimum atomic E-state index is -3.67. The van der Waals surface area contributed by atoms with Gasteiger partial charge in [0, 0.05) is 37.6 Å². The van der Waals surface area contributed by atoms with Crippen LogP contribution < -0.4 is 5.32 Å².